The monoisotopic (exact) mass is 218 g/mol. The number of aromatic nitrogens is 2. The third-order valence-corrected chi connectivity index (χ3v) is 1.83. The minimum Gasteiger partial charge on any atom is -0.476 e. The highest BCUT2D eigenvalue weighted by Crippen LogP contribution is 2.21. The van der Waals surface area contributed by atoms with Crippen molar-refractivity contribution >= 4 is 15.9 Å². The van der Waals surface area contributed by atoms with Crippen molar-refractivity contribution in [2.75, 3.05) is 6.61 Å². The Morgan fingerprint density at radius 1 is 1.64 bits per heavy atom. The van der Waals surface area contributed by atoms with Gasteiger partial charge in [-0.25, -0.2) is 0 Å². The zero-order valence-electron chi connectivity index (χ0n) is 6.67. The molecule has 1 rings (SSSR count). The SMILES string of the molecule is CCOc1nn(CC)cc1Br. The van der Waals surface area contributed by atoms with Gasteiger partial charge in [-0.05, 0) is 29.8 Å². The zero-order valence-corrected chi connectivity index (χ0v) is 8.26. The average molecular weight is 219 g/mol. The molecule has 0 radical (unpaired) electrons. The molecule has 62 valence electrons. The number of rotatable bonds is 3. The molecule has 0 aliphatic rings. The molecule has 0 aliphatic carbocycles. The van der Waals surface area contributed by atoms with Gasteiger partial charge in [-0.3, -0.25) is 4.68 Å². The molecule has 0 bridgehead atoms. The van der Waals surface area contributed by atoms with Gasteiger partial charge in [0, 0.05) is 12.7 Å². The Morgan fingerprint density at radius 2 is 2.36 bits per heavy atom. The summed E-state index contributed by atoms with van der Waals surface area (Å²) in [7, 11) is 0. The van der Waals surface area contributed by atoms with Crippen molar-refractivity contribution in [3.05, 3.63) is 10.7 Å². The molecule has 0 aliphatic heterocycles. The van der Waals surface area contributed by atoms with Gasteiger partial charge in [0.05, 0.1) is 11.1 Å². The van der Waals surface area contributed by atoms with E-state index in [-0.39, 0.29) is 0 Å². The van der Waals surface area contributed by atoms with E-state index < -0.39 is 0 Å². The van der Waals surface area contributed by atoms with Crippen LogP contribution in [0, 0.1) is 0 Å². The van der Waals surface area contributed by atoms with E-state index in [1.165, 1.54) is 0 Å². The lowest BCUT2D eigenvalue weighted by Gasteiger charge is -1.96. The van der Waals surface area contributed by atoms with Crippen molar-refractivity contribution in [1.82, 2.24) is 9.78 Å². The lowest BCUT2D eigenvalue weighted by Crippen LogP contribution is -1.96. The van der Waals surface area contributed by atoms with E-state index in [0.29, 0.717) is 12.5 Å². The van der Waals surface area contributed by atoms with Gasteiger partial charge in [-0.1, -0.05) is 0 Å². The van der Waals surface area contributed by atoms with Gasteiger partial charge in [0.1, 0.15) is 0 Å². The molecule has 1 aromatic rings. The van der Waals surface area contributed by atoms with Crippen LogP contribution in [0.2, 0.25) is 0 Å². The molecule has 0 unspecified atom stereocenters. The minimum atomic E-state index is 0.652. The molecular formula is C7H11BrN2O. The van der Waals surface area contributed by atoms with E-state index in [0.717, 1.165) is 11.0 Å². The Labute approximate surface area is 74.5 Å². The lowest BCUT2D eigenvalue weighted by atomic mass is 10.7. The summed E-state index contributed by atoms with van der Waals surface area (Å²) in [5, 5.41) is 4.17. The molecule has 0 fully saturated rings. The smallest absolute Gasteiger partial charge is 0.247 e. The van der Waals surface area contributed by atoms with Crippen LogP contribution in [0.4, 0.5) is 0 Å². The van der Waals surface area contributed by atoms with Crippen molar-refractivity contribution in [3.8, 4) is 5.88 Å². The van der Waals surface area contributed by atoms with E-state index in [9.17, 15) is 0 Å². The van der Waals surface area contributed by atoms with Gasteiger partial charge in [-0.2, -0.15) is 0 Å². The second kappa shape index (κ2) is 3.76. The first-order valence-electron chi connectivity index (χ1n) is 3.63. The molecule has 0 aromatic carbocycles. The summed E-state index contributed by atoms with van der Waals surface area (Å²) in [6, 6.07) is 0. The highest BCUT2D eigenvalue weighted by atomic mass is 79.9. The first-order valence-corrected chi connectivity index (χ1v) is 4.43. The Bertz CT molecular complexity index is 234. The quantitative estimate of drug-likeness (QED) is 0.777. The zero-order chi connectivity index (χ0) is 8.27. The number of ether oxygens (including phenoxy) is 1. The maximum absolute atomic E-state index is 5.24. The topological polar surface area (TPSA) is 27.1 Å². The fourth-order valence-electron chi connectivity index (χ4n) is 0.776. The van der Waals surface area contributed by atoms with Crippen molar-refractivity contribution in [3.63, 3.8) is 0 Å². The third kappa shape index (κ3) is 1.96. The van der Waals surface area contributed by atoms with Crippen LogP contribution in [-0.2, 0) is 6.54 Å². The molecule has 0 amide bonds. The van der Waals surface area contributed by atoms with Crippen LogP contribution in [0.15, 0.2) is 10.7 Å². The van der Waals surface area contributed by atoms with Gasteiger partial charge < -0.3 is 4.74 Å². The number of aryl methyl sites for hydroxylation is 1. The third-order valence-electron chi connectivity index (χ3n) is 1.29. The summed E-state index contributed by atoms with van der Waals surface area (Å²) in [5.41, 5.74) is 0. The Balaban J connectivity index is 2.79. The van der Waals surface area contributed by atoms with Crippen molar-refractivity contribution in [2.45, 2.75) is 20.4 Å². The molecule has 11 heavy (non-hydrogen) atoms. The van der Waals surface area contributed by atoms with Crippen LogP contribution < -0.4 is 4.74 Å². The Kier molecular flexibility index (Phi) is 2.93. The Morgan fingerprint density at radius 3 is 2.82 bits per heavy atom. The summed E-state index contributed by atoms with van der Waals surface area (Å²) in [6.45, 7) is 5.50. The largest absolute Gasteiger partial charge is 0.476 e. The van der Waals surface area contributed by atoms with Crippen molar-refractivity contribution in [2.24, 2.45) is 0 Å². The van der Waals surface area contributed by atoms with E-state index in [4.69, 9.17) is 4.74 Å². The molecule has 4 heteroatoms. The van der Waals surface area contributed by atoms with Gasteiger partial charge in [0.2, 0.25) is 5.88 Å². The molecule has 0 N–H and O–H groups in total. The second-order valence-corrected chi connectivity index (χ2v) is 2.93. The molecule has 0 saturated heterocycles. The van der Waals surface area contributed by atoms with Crippen LogP contribution in [0.3, 0.4) is 0 Å². The molecule has 1 aromatic heterocycles. The fourth-order valence-corrected chi connectivity index (χ4v) is 1.21. The normalized spacial score (nSPS) is 10.1. The number of hydrogen-bond acceptors (Lipinski definition) is 2. The summed E-state index contributed by atoms with van der Waals surface area (Å²) in [6.07, 6.45) is 1.91. The lowest BCUT2D eigenvalue weighted by molar-refractivity contribution is 0.320. The molecular weight excluding hydrogens is 208 g/mol. The summed E-state index contributed by atoms with van der Waals surface area (Å²) >= 11 is 3.35. The predicted octanol–water partition coefficient (Wildman–Crippen LogP) is 2.06. The number of halogens is 1. The maximum atomic E-state index is 5.24. The van der Waals surface area contributed by atoms with Gasteiger partial charge in [-0.15, -0.1) is 5.10 Å². The van der Waals surface area contributed by atoms with E-state index in [1.807, 2.05) is 24.7 Å². The van der Waals surface area contributed by atoms with Gasteiger partial charge in [0.15, 0.2) is 0 Å². The van der Waals surface area contributed by atoms with Gasteiger partial charge in [0.25, 0.3) is 0 Å². The first-order chi connectivity index (χ1) is 5.27. The highest BCUT2D eigenvalue weighted by molar-refractivity contribution is 9.10. The number of hydrogen-bond donors (Lipinski definition) is 0. The van der Waals surface area contributed by atoms with Crippen molar-refractivity contribution < 1.29 is 4.74 Å². The molecule has 0 spiro atoms. The van der Waals surface area contributed by atoms with Crippen molar-refractivity contribution in [1.29, 1.82) is 0 Å². The summed E-state index contributed by atoms with van der Waals surface area (Å²) in [4.78, 5) is 0. The predicted molar refractivity (Wildman–Crippen MR) is 46.8 cm³/mol. The summed E-state index contributed by atoms with van der Waals surface area (Å²) < 4.78 is 7.99. The average Bonchev–Trinajstić information content (AvgIpc) is 2.33. The van der Waals surface area contributed by atoms with Crippen LogP contribution in [0.5, 0.6) is 5.88 Å². The summed E-state index contributed by atoms with van der Waals surface area (Å²) in [5.74, 6) is 0.675. The Hall–Kier alpha value is -0.510. The van der Waals surface area contributed by atoms with Crippen LogP contribution in [0.1, 0.15) is 13.8 Å². The second-order valence-electron chi connectivity index (χ2n) is 2.07. The highest BCUT2D eigenvalue weighted by Gasteiger charge is 2.04. The van der Waals surface area contributed by atoms with E-state index in [1.54, 1.807) is 0 Å². The van der Waals surface area contributed by atoms with Crippen LogP contribution >= 0.6 is 15.9 Å². The number of nitrogens with zero attached hydrogens (tertiary/aromatic N) is 2. The molecule has 0 saturated carbocycles. The van der Waals surface area contributed by atoms with Crippen LogP contribution in [-0.4, -0.2) is 16.4 Å². The molecule has 1 heterocycles. The van der Waals surface area contributed by atoms with Crippen LogP contribution in [0.25, 0.3) is 0 Å². The van der Waals surface area contributed by atoms with Gasteiger partial charge >= 0.3 is 0 Å². The minimum absolute atomic E-state index is 0.652. The molecule has 3 nitrogen and oxygen atoms in total. The maximum Gasteiger partial charge on any atom is 0.247 e. The molecule has 0 atom stereocenters. The first kappa shape index (κ1) is 8.59. The van der Waals surface area contributed by atoms with E-state index in [2.05, 4.69) is 21.0 Å². The fraction of sp³-hybridized carbons (Fsp3) is 0.571. The van der Waals surface area contributed by atoms with E-state index >= 15 is 0 Å². The standard InChI is InChI=1S/C7H11BrN2O/c1-3-10-5-6(8)7(9-10)11-4-2/h5H,3-4H2,1-2H3.